The zero-order valence-corrected chi connectivity index (χ0v) is 13.4. The average molecular weight is 283 g/mol. The summed E-state index contributed by atoms with van der Waals surface area (Å²) >= 11 is 0. The van der Waals surface area contributed by atoms with E-state index in [4.69, 9.17) is 0 Å². The third kappa shape index (κ3) is 4.36. The number of nitrogens with zero attached hydrogens (tertiary/aromatic N) is 2. The molecule has 2 aromatic rings. The molecule has 1 aromatic heterocycles. The smallest absolute Gasteiger partial charge is 0.125 e. The van der Waals surface area contributed by atoms with Crippen LogP contribution in [0.5, 0.6) is 0 Å². The number of benzene rings is 1. The lowest BCUT2D eigenvalue weighted by Crippen LogP contribution is -2.23. The van der Waals surface area contributed by atoms with Gasteiger partial charge >= 0.3 is 0 Å². The van der Waals surface area contributed by atoms with Crippen LogP contribution < -0.4 is 5.32 Å². The van der Waals surface area contributed by atoms with Crippen molar-refractivity contribution in [3.63, 3.8) is 0 Å². The van der Waals surface area contributed by atoms with Crippen molar-refractivity contribution >= 4 is 0 Å². The zero-order valence-electron chi connectivity index (χ0n) is 13.4. The average Bonchev–Trinajstić information content (AvgIpc) is 2.44. The third-order valence-electron chi connectivity index (χ3n) is 3.43. The Morgan fingerprint density at radius 3 is 2.67 bits per heavy atom. The second-order valence-corrected chi connectivity index (χ2v) is 5.86. The van der Waals surface area contributed by atoms with Crippen LogP contribution in [0.4, 0.5) is 0 Å². The van der Waals surface area contributed by atoms with Crippen LogP contribution in [0.25, 0.3) is 0 Å². The van der Waals surface area contributed by atoms with E-state index < -0.39 is 0 Å². The summed E-state index contributed by atoms with van der Waals surface area (Å²) in [5.74, 6) is 1.48. The Morgan fingerprint density at radius 2 is 2.00 bits per heavy atom. The molecule has 1 atom stereocenters. The molecule has 0 amide bonds. The van der Waals surface area contributed by atoms with E-state index in [0.717, 1.165) is 24.5 Å². The van der Waals surface area contributed by atoms with E-state index >= 15 is 0 Å². The zero-order chi connectivity index (χ0) is 15.2. The van der Waals surface area contributed by atoms with Crippen molar-refractivity contribution in [3.05, 3.63) is 59.2 Å². The van der Waals surface area contributed by atoms with Gasteiger partial charge in [0.25, 0.3) is 0 Å². The molecule has 2 rings (SSSR count). The fourth-order valence-electron chi connectivity index (χ4n) is 2.60. The molecule has 3 heteroatoms. The molecule has 0 fully saturated rings. The van der Waals surface area contributed by atoms with Crippen LogP contribution in [0.1, 0.15) is 49.5 Å². The summed E-state index contributed by atoms with van der Waals surface area (Å²) in [5.41, 5.74) is 3.69. The number of rotatable bonds is 6. The van der Waals surface area contributed by atoms with Gasteiger partial charge < -0.3 is 5.32 Å². The molecule has 3 nitrogen and oxygen atoms in total. The second-order valence-electron chi connectivity index (χ2n) is 5.86. The van der Waals surface area contributed by atoms with E-state index in [-0.39, 0.29) is 6.04 Å². The van der Waals surface area contributed by atoms with E-state index in [9.17, 15) is 0 Å². The van der Waals surface area contributed by atoms with Gasteiger partial charge in [0.05, 0.1) is 11.7 Å². The number of hydrogen-bond acceptors (Lipinski definition) is 3. The number of hydrogen-bond donors (Lipinski definition) is 1. The highest BCUT2D eigenvalue weighted by atomic mass is 15.0. The monoisotopic (exact) mass is 283 g/mol. The summed E-state index contributed by atoms with van der Waals surface area (Å²) < 4.78 is 0. The highest BCUT2D eigenvalue weighted by Crippen LogP contribution is 2.22. The van der Waals surface area contributed by atoms with E-state index in [1.165, 1.54) is 11.1 Å². The maximum atomic E-state index is 4.59. The van der Waals surface area contributed by atoms with Crippen molar-refractivity contribution < 1.29 is 0 Å². The van der Waals surface area contributed by atoms with Crippen molar-refractivity contribution in [1.82, 2.24) is 15.3 Å². The lowest BCUT2D eigenvalue weighted by molar-refractivity contribution is 0.607. The molecule has 0 radical (unpaired) electrons. The van der Waals surface area contributed by atoms with Crippen molar-refractivity contribution in [2.75, 3.05) is 6.54 Å². The minimum Gasteiger partial charge on any atom is -0.305 e. The van der Waals surface area contributed by atoms with E-state index in [1.807, 2.05) is 19.2 Å². The molecule has 1 heterocycles. The van der Waals surface area contributed by atoms with Crippen LogP contribution >= 0.6 is 0 Å². The van der Waals surface area contributed by atoms with Crippen molar-refractivity contribution in [3.8, 4) is 0 Å². The van der Waals surface area contributed by atoms with Gasteiger partial charge in [-0.3, -0.25) is 0 Å². The van der Waals surface area contributed by atoms with E-state index in [1.54, 1.807) is 0 Å². The normalized spacial score (nSPS) is 12.6. The molecule has 0 aliphatic carbocycles. The Bertz CT molecular complexity index is 578. The standard InChI is InChI=1S/C18H25N3/c1-5-19-18(17-9-10-20-14(4)21-17)16-8-6-7-15(12-16)11-13(2)3/h6-10,12-13,18-19H,5,11H2,1-4H3. The Kier molecular flexibility index (Phi) is 5.45. The summed E-state index contributed by atoms with van der Waals surface area (Å²) in [6.45, 7) is 9.47. The van der Waals surface area contributed by atoms with Crippen LogP contribution in [0.2, 0.25) is 0 Å². The first-order valence-corrected chi connectivity index (χ1v) is 7.72. The van der Waals surface area contributed by atoms with Gasteiger partial charge in [-0.15, -0.1) is 0 Å². The molecule has 1 aromatic carbocycles. The van der Waals surface area contributed by atoms with Gasteiger partial charge in [0.2, 0.25) is 0 Å². The van der Waals surface area contributed by atoms with Crippen LogP contribution in [-0.2, 0) is 6.42 Å². The molecule has 0 saturated carbocycles. The van der Waals surface area contributed by atoms with Crippen molar-refractivity contribution in [1.29, 1.82) is 0 Å². The topological polar surface area (TPSA) is 37.8 Å². The van der Waals surface area contributed by atoms with Gasteiger partial charge in [0.1, 0.15) is 5.82 Å². The van der Waals surface area contributed by atoms with Crippen LogP contribution in [0.15, 0.2) is 36.5 Å². The predicted octanol–water partition coefficient (Wildman–Crippen LogP) is 3.68. The van der Waals surface area contributed by atoms with Crippen LogP contribution in [0.3, 0.4) is 0 Å². The highest BCUT2D eigenvalue weighted by molar-refractivity contribution is 5.31. The third-order valence-corrected chi connectivity index (χ3v) is 3.43. The molecule has 0 aliphatic rings. The molecule has 1 unspecified atom stereocenters. The number of aromatic nitrogens is 2. The lowest BCUT2D eigenvalue weighted by atomic mass is 9.97. The van der Waals surface area contributed by atoms with Crippen molar-refractivity contribution in [2.45, 2.75) is 40.2 Å². The maximum Gasteiger partial charge on any atom is 0.125 e. The van der Waals surface area contributed by atoms with Gasteiger partial charge in [0, 0.05) is 6.20 Å². The predicted molar refractivity (Wildman–Crippen MR) is 87.3 cm³/mol. The van der Waals surface area contributed by atoms with Gasteiger partial charge in [-0.05, 0) is 43.0 Å². The highest BCUT2D eigenvalue weighted by Gasteiger charge is 2.15. The second kappa shape index (κ2) is 7.32. The van der Waals surface area contributed by atoms with Crippen LogP contribution in [-0.4, -0.2) is 16.5 Å². The molecule has 0 spiro atoms. The van der Waals surface area contributed by atoms with Gasteiger partial charge in [-0.2, -0.15) is 0 Å². The fourth-order valence-corrected chi connectivity index (χ4v) is 2.60. The SMILES string of the molecule is CCNC(c1cccc(CC(C)C)c1)c1ccnc(C)n1. The molecule has 112 valence electrons. The number of nitrogens with one attached hydrogen (secondary N) is 1. The summed E-state index contributed by atoms with van der Waals surface area (Å²) in [6.07, 6.45) is 2.94. The molecular weight excluding hydrogens is 258 g/mol. The first-order valence-electron chi connectivity index (χ1n) is 7.72. The molecular formula is C18H25N3. The molecule has 1 N–H and O–H groups in total. The Morgan fingerprint density at radius 1 is 1.19 bits per heavy atom. The van der Waals surface area contributed by atoms with Gasteiger partial charge in [-0.25, -0.2) is 9.97 Å². The van der Waals surface area contributed by atoms with Crippen molar-refractivity contribution in [2.24, 2.45) is 5.92 Å². The fraction of sp³-hybridized carbons (Fsp3) is 0.444. The Balaban J connectivity index is 2.34. The molecule has 0 saturated heterocycles. The summed E-state index contributed by atoms with van der Waals surface area (Å²) in [5, 5.41) is 3.53. The first-order chi connectivity index (χ1) is 10.1. The Labute approximate surface area is 127 Å². The molecule has 21 heavy (non-hydrogen) atoms. The summed E-state index contributed by atoms with van der Waals surface area (Å²) in [6, 6.07) is 10.9. The maximum absolute atomic E-state index is 4.59. The van der Waals surface area contributed by atoms with Gasteiger partial charge in [0.15, 0.2) is 0 Å². The molecule has 0 aliphatic heterocycles. The van der Waals surface area contributed by atoms with Crippen LogP contribution in [0, 0.1) is 12.8 Å². The van der Waals surface area contributed by atoms with Gasteiger partial charge in [-0.1, -0.05) is 45.0 Å². The van der Waals surface area contributed by atoms with E-state index in [2.05, 4.69) is 60.3 Å². The Hall–Kier alpha value is -1.74. The quantitative estimate of drug-likeness (QED) is 0.878. The minimum atomic E-state index is 0.129. The largest absolute Gasteiger partial charge is 0.305 e. The number of aryl methyl sites for hydroxylation is 1. The minimum absolute atomic E-state index is 0.129. The summed E-state index contributed by atoms with van der Waals surface area (Å²) in [7, 11) is 0. The lowest BCUT2D eigenvalue weighted by Gasteiger charge is -2.19. The summed E-state index contributed by atoms with van der Waals surface area (Å²) in [4.78, 5) is 8.78. The first kappa shape index (κ1) is 15.6. The molecule has 0 bridgehead atoms. The van der Waals surface area contributed by atoms with E-state index in [0.29, 0.717) is 5.92 Å².